The molecule has 2 amide bonds. The molecule has 0 spiro atoms. The van der Waals surface area contributed by atoms with Gasteiger partial charge in [0.25, 0.3) is 0 Å². The third-order valence-corrected chi connectivity index (χ3v) is 4.62. The van der Waals surface area contributed by atoms with Crippen molar-refractivity contribution >= 4 is 40.3 Å². The van der Waals surface area contributed by atoms with Gasteiger partial charge in [-0.05, 0) is 44.5 Å². The van der Waals surface area contributed by atoms with Crippen LogP contribution < -0.4 is 10.6 Å². The SMILES string of the molecule is Cn1cc(C[C@@H](NC(=O)OC(C)(C)C)C(=O)Nc2cc(Cl)ccn2)c2ccccc21. The molecule has 0 saturated heterocycles. The molecule has 0 fully saturated rings. The Kier molecular flexibility index (Phi) is 6.31. The van der Waals surface area contributed by atoms with Crippen LogP contribution in [0, 0.1) is 0 Å². The van der Waals surface area contributed by atoms with Gasteiger partial charge in [0.05, 0.1) is 0 Å². The number of para-hydroxylation sites is 1. The highest BCUT2D eigenvalue weighted by Gasteiger charge is 2.26. The molecule has 3 aromatic rings. The van der Waals surface area contributed by atoms with E-state index in [0.29, 0.717) is 10.8 Å². The lowest BCUT2D eigenvalue weighted by molar-refractivity contribution is -0.118. The van der Waals surface area contributed by atoms with Crippen LogP contribution in [0.15, 0.2) is 48.8 Å². The molecule has 158 valence electrons. The van der Waals surface area contributed by atoms with E-state index in [4.69, 9.17) is 16.3 Å². The molecule has 7 nitrogen and oxygen atoms in total. The zero-order valence-electron chi connectivity index (χ0n) is 17.4. The number of anilines is 1. The average molecular weight is 429 g/mol. The summed E-state index contributed by atoms with van der Waals surface area (Å²) in [5.74, 6) is -0.107. The van der Waals surface area contributed by atoms with Gasteiger partial charge in [-0.1, -0.05) is 29.8 Å². The van der Waals surface area contributed by atoms with E-state index in [1.807, 2.05) is 42.1 Å². The molecule has 3 rings (SSSR count). The summed E-state index contributed by atoms with van der Waals surface area (Å²) in [4.78, 5) is 29.5. The Hall–Kier alpha value is -3.06. The van der Waals surface area contributed by atoms with E-state index in [0.717, 1.165) is 16.5 Å². The van der Waals surface area contributed by atoms with Crippen molar-refractivity contribution in [3.63, 3.8) is 0 Å². The van der Waals surface area contributed by atoms with Gasteiger partial charge in [0.1, 0.15) is 17.5 Å². The number of ether oxygens (including phenoxy) is 1. The number of carbonyl (C=O) groups excluding carboxylic acids is 2. The summed E-state index contributed by atoms with van der Waals surface area (Å²) in [5, 5.41) is 6.87. The molecule has 0 bridgehead atoms. The summed E-state index contributed by atoms with van der Waals surface area (Å²) in [5.41, 5.74) is 1.29. The number of carbonyl (C=O) groups is 2. The molecule has 8 heteroatoms. The van der Waals surface area contributed by atoms with Crippen LogP contribution in [0.5, 0.6) is 0 Å². The monoisotopic (exact) mass is 428 g/mol. The number of rotatable bonds is 5. The number of aryl methyl sites for hydroxylation is 1. The second-order valence-electron chi connectivity index (χ2n) is 8.03. The molecule has 0 aliphatic heterocycles. The van der Waals surface area contributed by atoms with Crippen molar-refractivity contribution in [3.05, 3.63) is 59.4 Å². The van der Waals surface area contributed by atoms with Gasteiger partial charge in [-0.25, -0.2) is 9.78 Å². The fourth-order valence-electron chi connectivity index (χ4n) is 3.15. The Bertz CT molecular complexity index is 1070. The number of amides is 2. The number of halogens is 1. The second kappa shape index (κ2) is 8.75. The van der Waals surface area contributed by atoms with E-state index in [-0.39, 0.29) is 6.42 Å². The molecule has 0 saturated carbocycles. The van der Waals surface area contributed by atoms with Crippen molar-refractivity contribution in [1.29, 1.82) is 0 Å². The van der Waals surface area contributed by atoms with Crippen molar-refractivity contribution < 1.29 is 14.3 Å². The van der Waals surface area contributed by atoms with Crippen molar-refractivity contribution in [2.45, 2.75) is 38.8 Å². The quantitative estimate of drug-likeness (QED) is 0.634. The summed E-state index contributed by atoms with van der Waals surface area (Å²) in [6.07, 6.45) is 3.08. The minimum absolute atomic E-state index is 0.285. The van der Waals surface area contributed by atoms with Crippen LogP contribution in [-0.4, -0.2) is 33.2 Å². The highest BCUT2D eigenvalue weighted by molar-refractivity contribution is 6.30. The van der Waals surface area contributed by atoms with Gasteiger partial charge in [-0.2, -0.15) is 0 Å². The first-order valence-electron chi connectivity index (χ1n) is 9.57. The Morgan fingerprint density at radius 2 is 1.97 bits per heavy atom. The molecule has 2 heterocycles. The maximum Gasteiger partial charge on any atom is 0.408 e. The van der Waals surface area contributed by atoms with Crippen LogP contribution in [0.2, 0.25) is 5.02 Å². The van der Waals surface area contributed by atoms with Gasteiger partial charge in [0.15, 0.2) is 0 Å². The largest absolute Gasteiger partial charge is 0.444 e. The van der Waals surface area contributed by atoms with Gasteiger partial charge < -0.3 is 19.9 Å². The van der Waals surface area contributed by atoms with E-state index in [9.17, 15) is 9.59 Å². The number of hydrogen-bond donors (Lipinski definition) is 2. The number of aromatic nitrogens is 2. The normalized spacial score (nSPS) is 12.4. The third-order valence-electron chi connectivity index (χ3n) is 4.38. The van der Waals surface area contributed by atoms with Crippen molar-refractivity contribution in [2.75, 3.05) is 5.32 Å². The first kappa shape index (κ1) is 21.6. The van der Waals surface area contributed by atoms with Gasteiger partial charge in [0, 0.05) is 41.8 Å². The van der Waals surface area contributed by atoms with Crippen LogP contribution in [0.3, 0.4) is 0 Å². The molecule has 2 N–H and O–H groups in total. The lowest BCUT2D eigenvalue weighted by atomic mass is 10.0. The Balaban J connectivity index is 1.86. The Morgan fingerprint density at radius 1 is 1.23 bits per heavy atom. The zero-order chi connectivity index (χ0) is 21.9. The van der Waals surface area contributed by atoms with E-state index >= 15 is 0 Å². The summed E-state index contributed by atoms with van der Waals surface area (Å²) in [6, 6.07) is 10.2. The lowest BCUT2D eigenvalue weighted by Crippen LogP contribution is -2.47. The van der Waals surface area contributed by atoms with Crippen molar-refractivity contribution in [1.82, 2.24) is 14.9 Å². The molecule has 1 aromatic carbocycles. The van der Waals surface area contributed by atoms with Crippen LogP contribution >= 0.6 is 11.6 Å². The average Bonchev–Trinajstić information content (AvgIpc) is 2.96. The standard InChI is InChI=1S/C22H25ClN4O3/c1-22(2,3)30-21(29)25-17(20(28)26-19-12-15(23)9-10-24-19)11-14-13-27(4)18-8-6-5-7-16(14)18/h5-10,12-13,17H,11H2,1-4H3,(H,25,29)(H,24,26,28)/t17-/m1/s1. The number of alkyl carbamates (subject to hydrolysis) is 1. The van der Waals surface area contributed by atoms with E-state index < -0.39 is 23.6 Å². The smallest absolute Gasteiger partial charge is 0.408 e. The minimum Gasteiger partial charge on any atom is -0.444 e. The minimum atomic E-state index is -0.869. The summed E-state index contributed by atoms with van der Waals surface area (Å²) in [6.45, 7) is 5.30. The molecule has 2 aromatic heterocycles. The summed E-state index contributed by atoms with van der Waals surface area (Å²) in [7, 11) is 1.94. The molecule has 0 aliphatic carbocycles. The zero-order valence-corrected chi connectivity index (χ0v) is 18.2. The molecule has 0 aliphatic rings. The number of nitrogens with zero attached hydrogens (tertiary/aromatic N) is 2. The van der Waals surface area contributed by atoms with Crippen LogP contribution in [0.1, 0.15) is 26.3 Å². The van der Waals surface area contributed by atoms with E-state index in [2.05, 4.69) is 15.6 Å². The first-order valence-corrected chi connectivity index (χ1v) is 9.95. The maximum atomic E-state index is 13.0. The van der Waals surface area contributed by atoms with Gasteiger partial charge in [-0.3, -0.25) is 4.79 Å². The van der Waals surface area contributed by atoms with Crippen molar-refractivity contribution in [2.24, 2.45) is 7.05 Å². The lowest BCUT2D eigenvalue weighted by Gasteiger charge is -2.23. The van der Waals surface area contributed by atoms with Crippen molar-refractivity contribution in [3.8, 4) is 0 Å². The number of nitrogens with one attached hydrogen (secondary N) is 2. The van der Waals surface area contributed by atoms with Gasteiger partial charge >= 0.3 is 6.09 Å². The predicted octanol–water partition coefficient (Wildman–Crippen LogP) is 4.30. The molecule has 0 unspecified atom stereocenters. The topological polar surface area (TPSA) is 85.2 Å². The molecule has 0 radical (unpaired) electrons. The maximum absolute atomic E-state index is 13.0. The molecular weight excluding hydrogens is 404 g/mol. The molecule has 1 atom stereocenters. The van der Waals surface area contributed by atoms with Crippen LogP contribution in [-0.2, 0) is 23.0 Å². The third kappa shape index (κ3) is 5.51. The first-order chi connectivity index (χ1) is 14.1. The van der Waals surface area contributed by atoms with Crippen LogP contribution in [0.4, 0.5) is 10.6 Å². The second-order valence-corrected chi connectivity index (χ2v) is 8.47. The summed E-state index contributed by atoms with van der Waals surface area (Å²) < 4.78 is 7.34. The Labute approximate surface area is 180 Å². The van der Waals surface area contributed by atoms with Gasteiger partial charge in [0.2, 0.25) is 5.91 Å². The number of benzene rings is 1. The van der Waals surface area contributed by atoms with Crippen LogP contribution in [0.25, 0.3) is 10.9 Å². The van der Waals surface area contributed by atoms with E-state index in [1.165, 1.54) is 6.20 Å². The molecule has 30 heavy (non-hydrogen) atoms. The number of hydrogen-bond acceptors (Lipinski definition) is 4. The predicted molar refractivity (Wildman–Crippen MR) is 118 cm³/mol. The fraction of sp³-hybridized carbons (Fsp3) is 0.318. The number of fused-ring (bicyclic) bond motifs is 1. The summed E-state index contributed by atoms with van der Waals surface area (Å²) >= 11 is 5.98. The fourth-order valence-corrected chi connectivity index (χ4v) is 3.31. The number of pyridine rings is 1. The molecular formula is C22H25ClN4O3. The Morgan fingerprint density at radius 3 is 2.67 bits per heavy atom. The highest BCUT2D eigenvalue weighted by atomic mass is 35.5. The van der Waals surface area contributed by atoms with E-state index in [1.54, 1.807) is 32.9 Å². The van der Waals surface area contributed by atoms with Gasteiger partial charge in [-0.15, -0.1) is 0 Å². The highest BCUT2D eigenvalue weighted by Crippen LogP contribution is 2.22.